The molecular formula is C18H16FN3O4S. The number of carbonyl (C=O) groups is 2. The summed E-state index contributed by atoms with van der Waals surface area (Å²) in [7, 11) is 0. The van der Waals surface area contributed by atoms with E-state index >= 15 is 0 Å². The van der Waals surface area contributed by atoms with Crippen molar-refractivity contribution < 1.29 is 18.7 Å². The van der Waals surface area contributed by atoms with Gasteiger partial charge in [0.15, 0.2) is 5.69 Å². The number of halogens is 1. The molecule has 0 fully saturated rings. The Bertz CT molecular complexity index is 1090. The Balaban J connectivity index is 2.31. The molecule has 1 N–H and O–H groups in total. The first-order chi connectivity index (χ1) is 13.0. The smallest absolute Gasteiger partial charge is 0.359 e. The first-order valence-corrected chi connectivity index (χ1v) is 9.11. The number of thiophene rings is 1. The van der Waals surface area contributed by atoms with Crippen molar-refractivity contribution in [3.63, 3.8) is 0 Å². The Kier molecular flexibility index (Phi) is 5.31. The predicted molar refractivity (Wildman–Crippen MR) is 100 cm³/mol. The molecule has 1 amide bonds. The maximum Gasteiger partial charge on any atom is 0.359 e. The molecule has 1 aromatic carbocycles. The van der Waals surface area contributed by atoms with Crippen LogP contribution in [-0.4, -0.2) is 28.3 Å². The molecule has 0 bridgehead atoms. The molecule has 0 unspecified atom stereocenters. The minimum Gasteiger partial charge on any atom is -0.461 e. The van der Waals surface area contributed by atoms with Gasteiger partial charge in [-0.15, -0.1) is 11.3 Å². The van der Waals surface area contributed by atoms with Crippen LogP contribution in [0.1, 0.15) is 30.8 Å². The summed E-state index contributed by atoms with van der Waals surface area (Å²) in [4.78, 5) is 37.1. The van der Waals surface area contributed by atoms with Gasteiger partial charge in [0.1, 0.15) is 10.8 Å². The summed E-state index contributed by atoms with van der Waals surface area (Å²) in [5.41, 5.74) is -0.494. The number of aromatic nitrogens is 2. The Hall–Kier alpha value is -3.07. The van der Waals surface area contributed by atoms with Gasteiger partial charge in [-0.2, -0.15) is 9.78 Å². The average molecular weight is 389 g/mol. The molecule has 0 aliphatic carbocycles. The number of rotatable bonds is 5. The quantitative estimate of drug-likeness (QED) is 0.677. The molecule has 0 saturated heterocycles. The fraction of sp³-hybridized carbons (Fsp3) is 0.222. The molecule has 27 heavy (non-hydrogen) atoms. The second kappa shape index (κ2) is 7.67. The zero-order valence-electron chi connectivity index (χ0n) is 14.6. The molecular weight excluding hydrogens is 373 g/mol. The summed E-state index contributed by atoms with van der Waals surface area (Å²) in [5, 5.41) is 9.04. The molecule has 2 aromatic heterocycles. The number of nitrogens with zero attached hydrogens (tertiary/aromatic N) is 2. The normalized spacial score (nSPS) is 10.8. The van der Waals surface area contributed by atoms with Crippen molar-refractivity contribution in [3.8, 4) is 5.69 Å². The number of ether oxygens (including phenoxy) is 1. The Morgan fingerprint density at radius 3 is 2.78 bits per heavy atom. The van der Waals surface area contributed by atoms with E-state index in [2.05, 4.69) is 10.4 Å². The van der Waals surface area contributed by atoms with Crippen LogP contribution in [0.15, 0.2) is 34.4 Å². The molecule has 3 aromatic rings. The number of benzene rings is 1. The van der Waals surface area contributed by atoms with Crippen LogP contribution in [0, 0.1) is 5.82 Å². The van der Waals surface area contributed by atoms with Gasteiger partial charge in [0.05, 0.1) is 17.7 Å². The van der Waals surface area contributed by atoms with Crippen LogP contribution < -0.4 is 10.9 Å². The van der Waals surface area contributed by atoms with Crippen molar-refractivity contribution in [3.05, 3.63) is 51.5 Å². The van der Waals surface area contributed by atoms with Gasteiger partial charge in [-0.1, -0.05) is 13.0 Å². The number of fused-ring (bicyclic) bond motifs is 1. The maximum absolute atomic E-state index is 13.6. The number of nitrogens with one attached hydrogen (secondary N) is 1. The lowest BCUT2D eigenvalue weighted by molar-refractivity contribution is -0.115. The molecule has 0 spiro atoms. The summed E-state index contributed by atoms with van der Waals surface area (Å²) < 4.78 is 19.6. The highest BCUT2D eigenvalue weighted by atomic mass is 32.1. The summed E-state index contributed by atoms with van der Waals surface area (Å²) in [5.74, 6) is -1.53. The highest BCUT2D eigenvalue weighted by Gasteiger charge is 2.23. The lowest BCUT2D eigenvalue weighted by Gasteiger charge is -2.10. The largest absolute Gasteiger partial charge is 0.461 e. The number of carbonyl (C=O) groups excluding carboxylic acids is 2. The summed E-state index contributed by atoms with van der Waals surface area (Å²) in [6.45, 7) is 3.46. The van der Waals surface area contributed by atoms with E-state index in [1.54, 1.807) is 19.2 Å². The number of hydrogen-bond donors (Lipinski definition) is 1. The number of hydrogen-bond acceptors (Lipinski definition) is 6. The number of esters is 1. The van der Waals surface area contributed by atoms with E-state index in [-0.39, 0.29) is 41.1 Å². The molecule has 0 atom stereocenters. The Morgan fingerprint density at radius 2 is 2.11 bits per heavy atom. The third kappa shape index (κ3) is 3.59. The monoisotopic (exact) mass is 389 g/mol. The van der Waals surface area contributed by atoms with Crippen LogP contribution in [0.25, 0.3) is 16.5 Å². The number of anilines is 1. The molecule has 0 aliphatic heterocycles. The van der Waals surface area contributed by atoms with E-state index in [1.165, 1.54) is 18.2 Å². The number of amides is 1. The molecule has 2 heterocycles. The molecule has 0 saturated carbocycles. The molecule has 7 nitrogen and oxygen atoms in total. The van der Waals surface area contributed by atoms with Crippen LogP contribution >= 0.6 is 11.3 Å². The Morgan fingerprint density at radius 1 is 1.33 bits per heavy atom. The second-order valence-corrected chi connectivity index (χ2v) is 6.40. The highest BCUT2D eigenvalue weighted by molar-refractivity contribution is 7.16. The average Bonchev–Trinajstić information content (AvgIpc) is 3.06. The van der Waals surface area contributed by atoms with E-state index in [1.807, 2.05) is 0 Å². The van der Waals surface area contributed by atoms with Gasteiger partial charge in [-0.05, 0) is 25.1 Å². The lowest BCUT2D eigenvalue weighted by Crippen LogP contribution is -2.25. The third-order valence-corrected chi connectivity index (χ3v) is 4.64. The second-order valence-electron chi connectivity index (χ2n) is 5.52. The van der Waals surface area contributed by atoms with Gasteiger partial charge >= 0.3 is 5.97 Å². The Labute approximate surface area is 157 Å². The summed E-state index contributed by atoms with van der Waals surface area (Å²) in [6, 6.07) is 5.29. The van der Waals surface area contributed by atoms with Crippen LogP contribution in [0.2, 0.25) is 0 Å². The van der Waals surface area contributed by atoms with Crippen molar-refractivity contribution in [2.45, 2.75) is 20.3 Å². The fourth-order valence-electron chi connectivity index (χ4n) is 2.49. The minimum absolute atomic E-state index is 0.0797. The summed E-state index contributed by atoms with van der Waals surface area (Å²) >= 11 is 1.11. The minimum atomic E-state index is -0.709. The molecule has 140 valence electrons. The predicted octanol–water partition coefficient (Wildman–Crippen LogP) is 3.11. The summed E-state index contributed by atoms with van der Waals surface area (Å²) in [6.07, 6.45) is 0.229. The van der Waals surface area contributed by atoms with E-state index in [0.717, 1.165) is 22.1 Å². The molecule has 9 heteroatoms. The van der Waals surface area contributed by atoms with E-state index < -0.39 is 17.3 Å². The zero-order chi connectivity index (χ0) is 19.6. The maximum atomic E-state index is 13.6. The van der Waals surface area contributed by atoms with Gasteiger partial charge in [0, 0.05) is 17.2 Å². The van der Waals surface area contributed by atoms with Gasteiger partial charge in [-0.3, -0.25) is 9.59 Å². The van der Waals surface area contributed by atoms with Gasteiger partial charge in [0.25, 0.3) is 5.56 Å². The molecule has 3 rings (SSSR count). The van der Waals surface area contributed by atoms with Gasteiger partial charge in [0.2, 0.25) is 5.91 Å². The van der Waals surface area contributed by atoms with Gasteiger partial charge < -0.3 is 10.1 Å². The highest BCUT2D eigenvalue weighted by Crippen LogP contribution is 2.30. The molecule has 0 radical (unpaired) electrons. The van der Waals surface area contributed by atoms with Crippen LogP contribution in [0.4, 0.5) is 9.39 Å². The van der Waals surface area contributed by atoms with Crippen LogP contribution in [0.3, 0.4) is 0 Å². The van der Waals surface area contributed by atoms with Crippen molar-refractivity contribution in [2.24, 2.45) is 0 Å². The van der Waals surface area contributed by atoms with Crippen LogP contribution in [0.5, 0.6) is 0 Å². The first-order valence-electron chi connectivity index (χ1n) is 8.23. The van der Waals surface area contributed by atoms with E-state index in [4.69, 9.17) is 4.74 Å². The standard InChI is InChI=1S/C18H16FN3O4S/c1-3-13(23)20-16-14-12(9-27-16)15(18(25)26-4-2)21-22(17(14)24)11-7-5-6-10(19)8-11/h5-9H,3-4H2,1-2H3,(H,20,23). The van der Waals surface area contributed by atoms with Crippen molar-refractivity contribution in [1.82, 2.24) is 9.78 Å². The SMILES string of the molecule is CCOC(=O)c1nn(-c2cccc(F)c2)c(=O)c2c(NC(=O)CC)scc12. The zero-order valence-corrected chi connectivity index (χ0v) is 15.4. The van der Waals surface area contributed by atoms with Crippen molar-refractivity contribution in [1.29, 1.82) is 0 Å². The molecule has 0 aliphatic rings. The van der Waals surface area contributed by atoms with Crippen LogP contribution in [-0.2, 0) is 9.53 Å². The van der Waals surface area contributed by atoms with E-state index in [9.17, 15) is 18.8 Å². The third-order valence-electron chi connectivity index (χ3n) is 3.75. The van der Waals surface area contributed by atoms with Crippen molar-refractivity contribution >= 4 is 39.0 Å². The van der Waals surface area contributed by atoms with Gasteiger partial charge in [-0.25, -0.2) is 9.18 Å². The topological polar surface area (TPSA) is 90.3 Å². The lowest BCUT2D eigenvalue weighted by atomic mass is 10.2. The fourth-order valence-corrected chi connectivity index (χ4v) is 3.44. The van der Waals surface area contributed by atoms with Crippen molar-refractivity contribution in [2.75, 3.05) is 11.9 Å². The van der Waals surface area contributed by atoms with E-state index in [0.29, 0.717) is 5.00 Å². The first kappa shape index (κ1) is 18.7.